The minimum Gasteiger partial charge on any atom is -0.465 e. The lowest BCUT2D eigenvalue weighted by Crippen LogP contribution is -2.39. The predicted molar refractivity (Wildman–Crippen MR) is 42.4 cm³/mol. The molecule has 1 saturated heterocycles. The normalized spacial score (nSPS) is 47.0. The number of aliphatic hydroxyl groups is 1. The summed E-state index contributed by atoms with van der Waals surface area (Å²) in [5, 5.41) is 9.88. The van der Waals surface area contributed by atoms with Crippen molar-refractivity contribution >= 4 is 5.97 Å². The minimum absolute atomic E-state index is 0.103. The predicted octanol–water partition coefficient (Wildman–Crippen LogP) is 0.710. The first-order chi connectivity index (χ1) is 5.59. The Morgan fingerprint density at radius 1 is 1.67 bits per heavy atom. The van der Waals surface area contributed by atoms with Crippen LogP contribution in [-0.2, 0) is 9.53 Å². The van der Waals surface area contributed by atoms with Gasteiger partial charge in [-0.15, -0.1) is 0 Å². The summed E-state index contributed by atoms with van der Waals surface area (Å²) in [6.07, 6.45) is 2.27. The molecule has 0 aromatic heterocycles. The van der Waals surface area contributed by atoms with Gasteiger partial charge in [0.15, 0.2) is 0 Å². The Labute approximate surface area is 71.7 Å². The van der Waals surface area contributed by atoms with Crippen LogP contribution in [0, 0.1) is 11.8 Å². The van der Waals surface area contributed by atoms with Crippen LogP contribution in [0.5, 0.6) is 0 Å². The smallest absolute Gasteiger partial charge is 0.306 e. The SMILES string of the molecule is C[C@@]1(O)CC[C@@H]2CC(=O)OC[C@@H]21. The molecule has 1 aliphatic heterocycles. The second-order valence-electron chi connectivity index (χ2n) is 4.15. The van der Waals surface area contributed by atoms with E-state index in [1.165, 1.54) is 0 Å². The Bertz CT molecular complexity index is 210. The van der Waals surface area contributed by atoms with Gasteiger partial charge in [-0.1, -0.05) is 0 Å². The van der Waals surface area contributed by atoms with Gasteiger partial charge in [-0.05, 0) is 25.7 Å². The van der Waals surface area contributed by atoms with Gasteiger partial charge >= 0.3 is 5.97 Å². The number of fused-ring (bicyclic) bond motifs is 1. The summed E-state index contributed by atoms with van der Waals surface area (Å²) in [4.78, 5) is 10.9. The third-order valence-corrected chi connectivity index (χ3v) is 3.24. The summed E-state index contributed by atoms with van der Waals surface area (Å²) in [5.74, 6) is 0.436. The molecule has 3 nitrogen and oxygen atoms in total. The lowest BCUT2D eigenvalue weighted by atomic mass is 9.85. The van der Waals surface area contributed by atoms with Crippen LogP contribution in [0.15, 0.2) is 0 Å². The molecule has 0 amide bonds. The molecule has 0 radical (unpaired) electrons. The van der Waals surface area contributed by atoms with E-state index in [9.17, 15) is 9.90 Å². The maximum Gasteiger partial charge on any atom is 0.306 e. The number of ether oxygens (including phenoxy) is 1. The molecule has 0 spiro atoms. The molecule has 3 heteroatoms. The molecular formula is C9H14O3. The van der Waals surface area contributed by atoms with E-state index in [1.54, 1.807) is 0 Å². The highest BCUT2D eigenvalue weighted by Gasteiger charge is 2.47. The Balaban J connectivity index is 2.13. The van der Waals surface area contributed by atoms with Crippen molar-refractivity contribution < 1.29 is 14.6 Å². The number of cyclic esters (lactones) is 1. The van der Waals surface area contributed by atoms with E-state index < -0.39 is 5.60 Å². The summed E-state index contributed by atoms with van der Waals surface area (Å²) < 4.78 is 4.93. The van der Waals surface area contributed by atoms with Crippen molar-refractivity contribution in [1.82, 2.24) is 0 Å². The van der Waals surface area contributed by atoms with Gasteiger partial charge in [-0.2, -0.15) is 0 Å². The standard InChI is InChI=1S/C9H14O3/c1-9(11)3-2-6-4-8(10)12-5-7(6)9/h6-7,11H,2-5H2,1H3/t6-,7+,9-/m1/s1. The first-order valence-electron chi connectivity index (χ1n) is 4.47. The number of carbonyl (C=O) groups excluding carboxylic acids is 1. The Hall–Kier alpha value is -0.570. The fourth-order valence-electron chi connectivity index (χ4n) is 2.39. The fraction of sp³-hybridized carbons (Fsp3) is 0.889. The summed E-state index contributed by atoms with van der Waals surface area (Å²) in [6, 6.07) is 0. The number of hydrogen-bond acceptors (Lipinski definition) is 3. The van der Waals surface area contributed by atoms with E-state index in [1.807, 2.05) is 6.92 Å². The van der Waals surface area contributed by atoms with Crippen molar-refractivity contribution in [1.29, 1.82) is 0 Å². The fourth-order valence-corrected chi connectivity index (χ4v) is 2.39. The molecule has 2 fully saturated rings. The zero-order valence-electron chi connectivity index (χ0n) is 7.25. The van der Waals surface area contributed by atoms with Gasteiger partial charge in [0.1, 0.15) is 0 Å². The van der Waals surface area contributed by atoms with Crippen LogP contribution in [0.3, 0.4) is 0 Å². The van der Waals surface area contributed by atoms with Crippen LogP contribution >= 0.6 is 0 Å². The highest BCUT2D eigenvalue weighted by molar-refractivity contribution is 5.70. The molecule has 0 unspecified atom stereocenters. The average molecular weight is 170 g/mol. The van der Waals surface area contributed by atoms with E-state index in [-0.39, 0.29) is 11.9 Å². The first kappa shape index (κ1) is 8.05. The molecule has 0 aromatic carbocycles. The molecular weight excluding hydrogens is 156 g/mol. The molecule has 0 bridgehead atoms. The first-order valence-corrected chi connectivity index (χ1v) is 4.47. The molecule has 1 saturated carbocycles. The van der Waals surface area contributed by atoms with Crippen LogP contribution in [0.25, 0.3) is 0 Å². The third kappa shape index (κ3) is 1.12. The largest absolute Gasteiger partial charge is 0.465 e. The lowest BCUT2D eigenvalue weighted by Gasteiger charge is -2.31. The van der Waals surface area contributed by atoms with Gasteiger partial charge < -0.3 is 9.84 Å². The second kappa shape index (κ2) is 2.46. The van der Waals surface area contributed by atoms with Crippen LogP contribution in [-0.4, -0.2) is 23.3 Å². The summed E-state index contributed by atoms with van der Waals surface area (Å²) in [5.41, 5.74) is -0.606. The maximum absolute atomic E-state index is 10.9. The van der Waals surface area contributed by atoms with Gasteiger partial charge in [0.05, 0.1) is 12.2 Å². The zero-order chi connectivity index (χ0) is 8.77. The van der Waals surface area contributed by atoms with Crippen LogP contribution in [0.2, 0.25) is 0 Å². The van der Waals surface area contributed by atoms with Gasteiger partial charge in [-0.25, -0.2) is 0 Å². The summed E-state index contributed by atoms with van der Waals surface area (Å²) in [7, 11) is 0. The monoisotopic (exact) mass is 170 g/mol. The van der Waals surface area contributed by atoms with Gasteiger partial charge in [-0.3, -0.25) is 4.79 Å². The lowest BCUT2D eigenvalue weighted by molar-refractivity contribution is -0.156. The molecule has 2 rings (SSSR count). The highest BCUT2D eigenvalue weighted by atomic mass is 16.5. The van der Waals surface area contributed by atoms with Gasteiger partial charge in [0.2, 0.25) is 0 Å². The summed E-state index contributed by atoms with van der Waals surface area (Å²) in [6.45, 7) is 2.26. The Morgan fingerprint density at radius 3 is 3.17 bits per heavy atom. The van der Waals surface area contributed by atoms with E-state index in [0.717, 1.165) is 12.8 Å². The van der Waals surface area contributed by atoms with E-state index >= 15 is 0 Å². The average Bonchev–Trinajstić information content (AvgIpc) is 2.27. The van der Waals surface area contributed by atoms with E-state index in [0.29, 0.717) is 18.9 Å². The molecule has 2 aliphatic rings. The highest BCUT2D eigenvalue weighted by Crippen LogP contribution is 2.43. The topological polar surface area (TPSA) is 46.5 Å². The van der Waals surface area contributed by atoms with Crippen molar-refractivity contribution in [3.63, 3.8) is 0 Å². The number of carbonyl (C=O) groups is 1. The molecule has 68 valence electrons. The van der Waals surface area contributed by atoms with Crippen molar-refractivity contribution in [2.75, 3.05) is 6.61 Å². The van der Waals surface area contributed by atoms with Crippen LogP contribution in [0.1, 0.15) is 26.2 Å². The van der Waals surface area contributed by atoms with Crippen LogP contribution < -0.4 is 0 Å². The molecule has 0 aromatic rings. The second-order valence-corrected chi connectivity index (χ2v) is 4.15. The van der Waals surface area contributed by atoms with E-state index in [4.69, 9.17) is 4.74 Å². The van der Waals surface area contributed by atoms with Crippen molar-refractivity contribution in [2.24, 2.45) is 11.8 Å². The quantitative estimate of drug-likeness (QED) is 0.545. The molecule has 1 N–H and O–H groups in total. The van der Waals surface area contributed by atoms with Gasteiger partial charge in [0, 0.05) is 12.3 Å². The molecule has 1 aliphatic carbocycles. The third-order valence-electron chi connectivity index (χ3n) is 3.24. The van der Waals surface area contributed by atoms with Crippen molar-refractivity contribution in [3.05, 3.63) is 0 Å². The van der Waals surface area contributed by atoms with E-state index in [2.05, 4.69) is 0 Å². The molecule has 12 heavy (non-hydrogen) atoms. The maximum atomic E-state index is 10.9. The zero-order valence-corrected chi connectivity index (χ0v) is 7.25. The number of rotatable bonds is 0. The number of esters is 1. The Morgan fingerprint density at radius 2 is 2.42 bits per heavy atom. The molecule has 3 atom stereocenters. The molecule has 1 heterocycles. The van der Waals surface area contributed by atoms with Crippen molar-refractivity contribution in [2.45, 2.75) is 31.8 Å². The van der Waals surface area contributed by atoms with Crippen LogP contribution in [0.4, 0.5) is 0 Å². The number of hydrogen-bond donors (Lipinski definition) is 1. The Kier molecular flexibility index (Phi) is 1.65. The minimum atomic E-state index is -0.606. The van der Waals surface area contributed by atoms with Crippen molar-refractivity contribution in [3.8, 4) is 0 Å². The summed E-state index contributed by atoms with van der Waals surface area (Å²) >= 11 is 0. The van der Waals surface area contributed by atoms with Gasteiger partial charge in [0.25, 0.3) is 0 Å².